The van der Waals surface area contributed by atoms with Crippen molar-refractivity contribution in [3.63, 3.8) is 0 Å². The highest BCUT2D eigenvalue weighted by Crippen LogP contribution is 2.23. The number of aliphatic hydroxyl groups excluding tert-OH is 1. The SMILES string of the molecule is Cc1ncc(CO)c(CNCCc2ncon2)c1O. The second kappa shape index (κ2) is 6.26. The Hall–Kier alpha value is -1.99. The Morgan fingerprint density at radius 1 is 1.37 bits per heavy atom. The van der Waals surface area contributed by atoms with Gasteiger partial charge in [-0.15, -0.1) is 0 Å². The molecule has 0 spiro atoms. The standard InChI is InChI=1S/C12H16N4O3/c1-8-12(18)10(9(6-17)4-14-8)5-13-3-2-11-15-7-19-16-11/h4,7,13,17-18H,2-3,5-6H2,1H3. The van der Waals surface area contributed by atoms with Crippen LogP contribution in [0.3, 0.4) is 0 Å². The van der Waals surface area contributed by atoms with E-state index in [9.17, 15) is 10.2 Å². The van der Waals surface area contributed by atoms with Crippen LogP contribution in [0.1, 0.15) is 22.6 Å². The topological polar surface area (TPSA) is 104 Å². The van der Waals surface area contributed by atoms with Crippen LogP contribution < -0.4 is 5.32 Å². The molecule has 0 fully saturated rings. The van der Waals surface area contributed by atoms with Crippen LogP contribution in [0, 0.1) is 6.92 Å². The number of rotatable bonds is 6. The van der Waals surface area contributed by atoms with Gasteiger partial charge in [0.15, 0.2) is 5.82 Å². The molecule has 2 aromatic heterocycles. The van der Waals surface area contributed by atoms with E-state index >= 15 is 0 Å². The zero-order valence-electron chi connectivity index (χ0n) is 10.6. The highest BCUT2D eigenvalue weighted by molar-refractivity contribution is 5.40. The third-order valence-electron chi connectivity index (χ3n) is 2.83. The van der Waals surface area contributed by atoms with E-state index in [2.05, 4.69) is 25.0 Å². The molecule has 0 bridgehead atoms. The van der Waals surface area contributed by atoms with Gasteiger partial charge in [-0.25, -0.2) is 0 Å². The molecular formula is C12H16N4O3. The fourth-order valence-electron chi connectivity index (χ4n) is 1.73. The van der Waals surface area contributed by atoms with Gasteiger partial charge >= 0.3 is 0 Å². The molecule has 0 aromatic carbocycles. The Morgan fingerprint density at radius 3 is 2.89 bits per heavy atom. The van der Waals surface area contributed by atoms with Gasteiger partial charge in [0.25, 0.3) is 0 Å². The highest BCUT2D eigenvalue weighted by Gasteiger charge is 2.10. The molecule has 0 amide bonds. The summed E-state index contributed by atoms with van der Waals surface area (Å²) in [6.07, 6.45) is 3.50. The van der Waals surface area contributed by atoms with Crippen LogP contribution in [0.2, 0.25) is 0 Å². The molecule has 0 saturated carbocycles. The molecule has 7 nitrogen and oxygen atoms in total. The molecule has 2 heterocycles. The van der Waals surface area contributed by atoms with Crippen LogP contribution in [0.25, 0.3) is 0 Å². The van der Waals surface area contributed by atoms with Crippen molar-refractivity contribution in [2.45, 2.75) is 26.5 Å². The Bertz CT molecular complexity index is 528. The van der Waals surface area contributed by atoms with E-state index in [0.717, 1.165) is 0 Å². The maximum atomic E-state index is 9.94. The first-order chi connectivity index (χ1) is 9.22. The van der Waals surface area contributed by atoms with Crippen LogP contribution in [-0.4, -0.2) is 31.9 Å². The first-order valence-corrected chi connectivity index (χ1v) is 5.95. The molecule has 2 rings (SSSR count). The number of aliphatic hydroxyl groups is 1. The molecule has 0 aliphatic rings. The van der Waals surface area contributed by atoms with Crippen molar-refractivity contribution in [1.82, 2.24) is 20.4 Å². The summed E-state index contributed by atoms with van der Waals surface area (Å²) >= 11 is 0. The summed E-state index contributed by atoms with van der Waals surface area (Å²) in [5, 5.41) is 26.0. The fraction of sp³-hybridized carbons (Fsp3) is 0.417. The van der Waals surface area contributed by atoms with Crippen molar-refractivity contribution in [3.8, 4) is 5.75 Å². The summed E-state index contributed by atoms with van der Waals surface area (Å²) in [5.41, 5.74) is 1.84. The number of aromatic hydroxyl groups is 1. The Morgan fingerprint density at radius 2 is 2.21 bits per heavy atom. The number of hydrogen-bond donors (Lipinski definition) is 3. The summed E-state index contributed by atoms with van der Waals surface area (Å²) in [7, 11) is 0. The molecule has 0 aliphatic carbocycles. The largest absolute Gasteiger partial charge is 0.506 e. The summed E-state index contributed by atoms with van der Waals surface area (Å²) in [4.78, 5) is 7.92. The highest BCUT2D eigenvalue weighted by atomic mass is 16.5. The number of pyridine rings is 1. The molecule has 2 aromatic rings. The van der Waals surface area contributed by atoms with Gasteiger partial charge in [0.1, 0.15) is 5.75 Å². The van der Waals surface area contributed by atoms with Crippen LogP contribution in [0.4, 0.5) is 0 Å². The number of aryl methyl sites for hydroxylation is 1. The fourth-order valence-corrected chi connectivity index (χ4v) is 1.73. The van der Waals surface area contributed by atoms with E-state index < -0.39 is 0 Å². The van der Waals surface area contributed by atoms with Crippen molar-refractivity contribution >= 4 is 0 Å². The van der Waals surface area contributed by atoms with Crippen LogP contribution >= 0.6 is 0 Å². The molecule has 0 radical (unpaired) electrons. The molecule has 0 aliphatic heterocycles. The first kappa shape index (κ1) is 13.4. The lowest BCUT2D eigenvalue weighted by Crippen LogP contribution is -2.18. The quantitative estimate of drug-likeness (QED) is 0.645. The van der Waals surface area contributed by atoms with Gasteiger partial charge in [0, 0.05) is 36.8 Å². The second-order valence-corrected chi connectivity index (χ2v) is 4.13. The lowest BCUT2D eigenvalue weighted by molar-refractivity contribution is 0.278. The van der Waals surface area contributed by atoms with E-state index in [1.54, 1.807) is 13.1 Å². The molecular weight excluding hydrogens is 248 g/mol. The van der Waals surface area contributed by atoms with E-state index in [0.29, 0.717) is 42.2 Å². The van der Waals surface area contributed by atoms with E-state index in [4.69, 9.17) is 0 Å². The van der Waals surface area contributed by atoms with Crippen molar-refractivity contribution < 1.29 is 14.7 Å². The van der Waals surface area contributed by atoms with Gasteiger partial charge in [-0.05, 0) is 6.92 Å². The number of aromatic nitrogens is 3. The summed E-state index contributed by atoms with van der Waals surface area (Å²) in [5.74, 6) is 0.753. The summed E-state index contributed by atoms with van der Waals surface area (Å²) < 4.78 is 4.63. The minimum Gasteiger partial charge on any atom is -0.506 e. The van der Waals surface area contributed by atoms with Gasteiger partial charge in [0.2, 0.25) is 6.39 Å². The van der Waals surface area contributed by atoms with E-state index in [1.807, 2.05) is 0 Å². The summed E-state index contributed by atoms with van der Waals surface area (Å²) in [6.45, 7) is 2.66. The Balaban J connectivity index is 1.93. The van der Waals surface area contributed by atoms with Gasteiger partial charge in [-0.2, -0.15) is 4.98 Å². The predicted octanol–water partition coefficient (Wildman–Crippen LogP) is 0.303. The van der Waals surface area contributed by atoms with Gasteiger partial charge in [-0.3, -0.25) is 4.98 Å². The maximum absolute atomic E-state index is 9.94. The third kappa shape index (κ3) is 3.27. The Kier molecular flexibility index (Phi) is 4.43. The molecule has 0 atom stereocenters. The van der Waals surface area contributed by atoms with Crippen LogP contribution in [0.5, 0.6) is 5.75 Å². The average Bonchev–Trinajstić information content (AvgIpc) is 2.92. The van der Waals surface area contributed by atoms with Crippen LogP contribution in [-0.2, 0) is 19.6 Å². The monoisotopic (exact) mass is 264 g/mol. The van der Waals surface area contributed by atoms with Crippen molar-refractivity contribution in [2.75, 3.05) is 6.54 Å². The predicted molar refractivity (Wildman–Crippen MR) is 66.3 cm³/mol. The maximum Gasteiger partial charge on any atom is 0.213 e. The van der Waals surface area contributed by atoms with E-state index in [-0.39, 0.29) is 12.4 Å². The molecule has 3 N–H and O–H groups in total. The zero-order chi connectivity index (χ0) is 13.7. The zero-order valence-corrected chi connectivity index (χ0v) is 10.6. The molecule has 102 valence electrons. The smallest absolute Gasteiger partial charge is 0.213 e. The van der Waals surface area contributed by atoms with Gasteiger partial charge in [-0.1, -0.05) is 5.16 Å². The second-order valence-electron chi connectivity index (χ2n) is 4.13. The van der Waals surface area contributed by atoms with Gasteiger partial charge < -0.3 is 20.1 Å². The van der Waals surface area contributed by atoms with E-state index in [1.165, 1.54) is 6.39 Å². The van der Waals surface area contributed by atoms with Crippen LogP contribution in [0.15, 0.2) is 17.1 Å². The third-order valence-corrected chi connectivity index (χ3v) is 2.83. The lowest BCUT2D eigenvalue weighted by atomic mass is 10.1. The minimum atomic E-state index is -0.150. The molecule has 19 heavy (non-hydrogen) atoms. The van der Waals surface area contributed by atoms with Crippen molar-refractivity contribution in [1.29, 1.82) is 0 Å². The number of hydrogen-bond acceptors (Lipinski definition) is 7. The minimum absolute atomic E-state index is 0.124. The first-order valence-electron chi connectivity index (χ1n) is 5.95. The molecule has 0 unspecified atom stereocenters. The Labute approximate surface area is 110 Å². The van der Waals surface area contributed by atoms with Crippen molar-refractivity contribution in [3.05, 3.63) is 35.2 Å². The number of nitrogens with one attached hydrogen (secondary N) is 1. The van der Waals surface area contributed by atoms with Crippen molar-refractivity contribution in [2.24, 2.45) is 0 Å². The normalized spacial score (nSPS) is 10.8. The number of nitrogens with zero attached hydrogens (tertiary/aromatic N) is 3. The lowest BCUT2D eigenvalue weighted by Gasteiger charge is -2.11. The summed E-state index contributed by atoms with van der Waals surface area (Å²) in [6, 6.07) is 0. The average molecular weight is 264 g/mol. The molecule has 0 saturated heterocycles. The molecule has 7 heteroatoms. The van der Waals surface area contributed by atoms with Gasteiger partial charge in [0.05, 0.1) is 12.3 Å².